The van der Waals surface area contributed by atoms with Crippen LogP contribution in [0.2, 0.25) is 0 Å². The fraction of sp³-hybridized carbons (Fsp3) is 0.143. The molecular weight excluding hydrogens is 483 g/mol. The Kier molecular flexibility index (Phi) is 5.83. The molecule has 0 aliphatic carbocycles. The van der Waals surface area contributed by atoms with Crippen molar-refractivity contribution in [2.24, 2.45) is 0 Å². The average molecular weight is 507 g/mol. The smallest absolute Gasteiger partial charge is 0.254 e. The van der Waals surface area contributed by atoms with Gasteiger partial charge in [-0.3, -0.25) is 14.2 Å². The number of hydrogen-bond donors (Lipinski definition) is 0. The Morgan fingerprint density at radius 2 is 1.66 bits per heavy atom. The lowest BCUT2D eigenvalue weighted by Crippen LogP contribution is -2.11. The summed E-state index contributed by atoms with van der Waals surface area (Å²) in [5.74, 6) is 0.280. The minimum atomic E-state index is -0.352. The normalized spacial score (nSPS) is 12.2. The molecule has 1 unspecified atom stereocenters. The molecule has 0 spiro atoms. The molecule has 9 nitrogen and oxygen atoms in total. The lowest BCUT2D eigenvalue weighted by Gasteiger charge is -2.15. The van der Waals surface area contributed by atoms with Crippen LogP contribution in [0.3, 0.4) is 0 Å². The van der Waals surface area contributed by atoms with E-state index < -0.39 is 0 Å². The number of nitrogens with zero attached hydrogens (tertiary/aromatic N) is 8. The van der Waals surface area contributed by atoms with Gasteiger partial charge in [0.2, 0.25) is 0 Å². The first-order valence-corrected chi connectivity index (χ1v) is 12.1. The molecule has 5 heterocycles. The van der Waals surface area contributed by atoms with E-state index in [-0.39, 0.29) is 18.3 Å². The van der Waals surface area contributed by atoms with Gasteiger partial charge in [-0.25, -0.2) is 13.9 Å². The first kappa shape index (κ1) is 23.4. The highest BCUT2D eigenvalue weighted by Crippen LogP contribution is 2.26. The number of aryl methyl sites for hydroxylation is 2. The van der Waals surface area contributed by atoms with Crippen molar-refractivity contribution in [3.05, 3.63) is 102 Å². The van der Waals surface area contributed by atoms with Gasteiger partial charge in [-0.05, 0) is 55.8 Å². The zero-order valence-corrected chi connectivity index (χ0v) is 20.7. The van der Waals surface area contributed by atoms with Crippen LogP contribution in [0.4, 0.5) is 4.39 Å². The average Bonchev–Trinajstić information content (AvgIpc) is 3.66. The van der Waals surface area contributed by atoms with Gasteiger partial charge in [0, 0.05) is 41.3 Å². The Morgan fingerprint density at radius 1 is 0.921 bits per heavy atom. The molecule has 1 aromatic carbocycles. The van der Waals surface area contributed by atoms with Crippen molar-refractivity contribution in [1.82, 2.24) is 38.9 Å². The molecule has 1 atom stereocenters. The molecule has 0 saturated heterocycles. The maximum absolute atomic E-state index is 13.4. The molecule has 6 rings (SSSR count). The molecule has 0 radical (unpaired) electrons. The zero-order chi connectivity index (χ0) is 26.2. The Labute approximate surface area is 217 Å². The lowest BCUT2D eigenvalue weighted by atomic mass is 10.0. The van der Waals surface area contributed by atoms with Crippen LogP contribution in [-0.2, 0) is 4.79 Å². The molecule has 5 aromatic heterocycles. The topological polar surface area (TPSA) is 95.8 Å². The number of fused-ring (bicyclic) bond motifs is 1. The number of carbonyl (C=O) groups is 1. The quantitative estimate of drug-likeness (QED) is 0.289. The van der Waals surface area contributed by atoms with Crippen molar-refractivity contribution in [1.29, 1.82) is 0 Å². The Morgan fingerprint density at radius 3 is 2.39 bits per heavy atom. The number of rotatable bonds is 7. The van der Waals surface area contributed by atoms with E-state index in [0.717, 1.165) is 34.4 Å². The molecule has 0 aliphatic heterocycles. The number of aldehydes is 1. The number of halogens is 1. The van der Waals surface area contributed by atoms with Gasteiger partial charge >= 0.3 is 0 Å². The molecule has 0 saturated carbocycles. The minimum Gasteiger partial charge on any atom is -0.303 e. The van der Waals surface area contributed by atoms with Crippen LogP contribution < -0.4 is 0 Å². The number of benzene rings is 1. The van der Waals surface area contributed by atoms with E-state index in [1.54, 1.807) is 39.9 Å². The molecule has 6 aromatic rings. The van der Waals surface area contributed by atoms with Crippen molar-refractivity contribution in [3.63, 3.8) is 0 Å². The molecule has 38 heavy (non-hydrogen) atoms. The second kappa shape index (κ2) is 9.47. The third kappa shape index (κ3) is 4.26. The van der Waals surface area contributed by atoms with Crippen LogP contribution in [0.5, 0.6) is 0 Å². The van der Waals surface area contributed by atoms with E-state index in [1.807, 2.05) is 55.1 Å². The predicted octanol–water partition coefficient (Wildman–Crippen LogP) is 4.77. The monoisotopic (exact) mass is 506 g/mol. The van der Waals surface area contributed by atoms with E-state index in [0.29, 0.717) is 23.0 Å². The first-order chi connectivity index (χ1) is 18.5. The third-order valence-electron chi connectivity index (χ3n) is 6.52. The molecule has 0 amide bonds. The molecule has 10 heteroatoms. The maximum Gasteiger partial charge on any atom is 0.254 e. The van der Waals surface area contributed by atoms with Crippen molar-refractivity contribution >= 4 is 11.9 Å². The number of aromatic nitrogens is 8. The summed E-state index contributed by atoms with van der Waals surface area (Å²) in [5, 5.41) is 9.08. The summed E-state index contributed by atoms with van der Waals surface area (Å²) in [6.45, 7) is 4.04. The Bertz CT molecular complexity index is 1750. The number of hydrogen-bond acceptors (Lipinski definition) is 6. The molecule has 0 bridgehead atoms. The first-order valence-electron chi connectivity index (χ1n) is 12.1. The Hall–Kier alpha value is -4.99. The van der Waals surface area contributed by atoms with Crippen molar-refractivity contribution in [3.8, 4) is 28.5 Å². The summed E-state index contributed by atoms with van der Waals surface area (Å²) in [5.41, 5.74) is 6.53. The van der Waals surface area contributed by atoms with Gasteiger partial charge in [-0.1, -0.05) is 12.1 Å². The predicted molar refractivity (Wildman–Crippen MR) is 139 cm³/mol. The summed E-state index contributed by atoms with van der Waals surface area (Å²) in [4.78, 5) is 25.3. The van der Waals surface area contributed by atoms with Gasteiger partial charge < -0.3 is 4.79 Å². The van der Waals surface area contributed by atoms with Gasteiger partial charge in [0.15, 0.2) is 5.65 Å². The van der Waals surface area contributed by atoms with Gasteiger partial charge in [0.1, 0.15) is 12.1 Å². The van der Waals surface area contributed by atoms with Crippen molar-refractivity contribution < 1.29 is 9.18 Å². The highest BCUT2D eigenvalue weighted by molar-refractivity contribution is 5.67. The van der Waals surface area contributed by atoms with E-state index >= 15 is 0 Å². The second-order valence-corrected chi connectivity index (χ2v) is 9.05. The fourth-order valence-corrected chi connectivity index (χ4v) is 4.57. The molecular formula is C28H23FN8O. The van der Waals surface area contributed by atoms with Crippen LogP contribution in [0.25, 0.3) is 34.1 Å². The van der Waals surface area contributed by atoms with E-state index in [9.17, 15) is 9.18 Å². The summed E-state index contributed by atoms with van der Waals surface area (Å²) in [7, 11) is 0. The minimum absolute atomic E-state index is 0.209. The van der Waals surface area contributed by atoms with Crippen molar-refractivity contribution in [2.45, 2.75) is 26.3 Å². The summed E-state index contributed by atoms with van der Waals surface area (Å²) < 4.78 is 18.8. The summed E-state index contributed by atoms with van der Waals surface area (Å²) >= 11 is 0. The summed E-state index contributed by atoms with van der Waals surface area (Å²) in [6, 6.07) is 13.7. The van der Waals surface area contributed by atoms with E-state index in [1.165, 1.54) is 12.1 Å². The standard InChI is InChI=1S/C28H23FN8O/c1-18-3-4-19(2)37(18)28-33-27-13-21(9-11-35(27)34-28)24-15-30-16-25(32-24)22-14-31-36(17-22)26(10-12-38)20-5-7-23(29)8-6-20/h3-9,11-17,26H,10H2,1-2H3. The van der Waals surface area contributed by atoms with Crippen LogP contribution in [0, 0.1) is 19.7 Å². The summed E-state index contributed by atoms with van der Waals surface area (Å²) in [6.07, 6.45) is 9.77. The van der Waals surface area contributed by atoms with Gasteiger partial charge in [-0.15, -0.1) is 5.10 Å². The Balaban J connectivity index is 1.32. The largest absolute Gasteiger partial charge is 0.303 e. The van der Waals surface area contributed by atoms with Gasteiger partial charge in [-0.2, -0.15) is 10.1 Å². The second-order valence-electron chi connectivity index (χ2n) is 9.05. The SMILES string of the molecule is Cc1ccc(C)n1-c1nc2cc(-c3cncc(-c4cnn(C(CC=O)c5ccc(F)cc5)c4)n3)ccn2n1. The van der Waals surface area contributed by atoms with E-state index in [2.05, 4.69) is 15.2 Å². The number of carbonyl (C=O) groups excluding carboxylic acids is 1. The molecule has 0 fully saturated rings. The maximum atomic E-state index is 13.4. The van der Waals surface area contributed by atoms with Crippen LogP contribution in [0.15, 0.2) is 79.5 Å². The zero-order valence-electron chi connectivity index (χ0n) is 20.7. The highest BCUT2D eigenvalue weighted by Gasteiger charge is 2.17. The number of pyridine rings is 1. The van der Waals surface area contributed by atoms with Gasteiger partial charge in [0.05, 0.1) is 36.0 Å². The third-order valence-corrected chi connectivity index (χ3v) is 6.52. The fourth-order valence-electron chi connectivity index (χ4n) is 4.57. The van der Waals surface area contributed by atoms with Crippen LogP contribution in [-0.4, -0.2) is 45.2 Å². The highest BCUT2D eigenvalue weighted by atomic mass is 19.1. The van der Waals surface area contributed by atoms with E-state index in [4.69, 9.17) is 9.97 Å². The molecule has 188 valence electrons. The van der Waals surface area contributed by atoms with Crippen molar-refractivity contribution in [2.75, 3.05) is 0 Å². The molecule has 0 N–H and O–H groups in total. The van der Waals surface area contributed by atoms with Crippen LogP contribution in [0.1, 0.15) is 29.4 Å². The van der Waals surface area contributed by atoms with Gasteiger partial charge in [0.25, 0.3) is 5.95 Å². The lowest BCUT2D eigenvalue weighted by molar-refractivity contribution is -0.108. The van der Waals surface area contributed by atoms with Crippen LogP contribution >= 0.6 is 0 Å². The molecule has 0 aliphatic rings.